The van der Waals surface area contributed by atoms with Gasteiger partial charge < -0.3 is 10.6 Å². The Morgan fingerprint density at radius 3 is 2.10 bits per heavy atom. The predicted molar refractivity (Wildman–Crippen MR) is 119 cm³/mol. The molecule has 0 spiro atoms. The van der Waals surface area contributed by atoms with Gasteiger partial charge in [0.05, 0.1) is 5.41 Å². The maximum Gasteiger partial charge on any atom is 0.255 e. The summed E-state index contributed by atoms with van der Waals surface area (Å²) in [5.74, 6) is -1.00. The van der Waals surface area contributed by atoms with E-state index in [9.17, 15) is 19.2 Å². The summed E-state index contributed by atoms with van der Waals surface area (Å²) >= 11 is 0. The Kier molecular flexibility index (Phi) is 6.53. The van der Waals surface area contributed by atoms with Crippen LogP contribution in [0.15, 0.2) is 48.5 Å². The van der Waals surface area contributed by atoms with Crippen LogP contribution in [0.1, 0.15) is 56.0 Å². The molecule has 0 radical (unpaired) electrons. The fourth-order valence-corrected chi connectivity index (χ4v) is 3.63. The van der Waals surface area contributed by atoms with E-state index in [0.717, 1.165) is 5.56 Å². The molecular formula is C24H27N3O4. The largest absolute Gasteiger partial charge is 0.326 e. The molecule has 2 aromatic rings. The number of anilines is 2. The van der Waals surface area contributed by atoms with E-state index in [-0.39, 0.29) is 29.5 Å². The minimum absolute atomic E-state index is 0.0850. The van der Waals surface area contributed by atoms with Crippen molar-refractivity contribution in [2.75, 3.05) is 10.6 Å². The Morgan fingerprint density at radius 2 is 1.55 bits per heavy atom. The number of nitrogens with one attached hydrogen (secondary N) is 3. The highest BCUT2D eigenvalue weighted by Crippen LogP contribution is 2.36. The molecule has 0 bridgehead atoms. The standard InChI is InChI=1S/C24H27N3O4/c1-4-24(14-13-20(28)27-23(24)31)17-7-11-19(12-8-17)26-22(30)16-5-9-18(10-6-16)25-21(29)15(2)3/h5-12,15H,4,13-14H2,1-3H3,(H,25,29)(H,26,30)(H,27,28,31). The van der Waals surface area contributed by atoms with E-state index >= 15 is 0 Å². The van der Waals surface area contributed by atoms with Crippen molar-refractivity contribution in [1.29, 1.82) is 0 Å². The molecule has 31 heavy (non-hydrogen) atoms. The molecule has 162 valence electrons. The van der Waals surface area contributed by atoms with Crippen LogP contribution < -0.4 is 16.0 Å². The molecule has 1 saturated heterocycles. The number of hydrogen-bond acceptors (Lipinski definition) is 4. The third-order valence-electron chi connectivity index (χ3n) is 5.70. The first-order chi connectivity index (χ1) is 14.7. The van der Waals surface area contributed by atoms with Gasteiger partial charge in [-0.25, -0.2) is 0 Å². The second kappa shape index (κ2) is 9.12. The maximum atomic E-state index is 12.5. The van der Waals surface area contributed by atoms with Crippen molar-refractivity contribution >= 4 is 35.0 Å². The van der Waals surface area contributed by atoms with Crippen LogP contribution in [0, 0.1) is 5.92 Å². The molecule has 1 heterocycles. The van der Waals surface area contributed by atoms with Gasteiger partial charge in [-0.3, -0.25) is 24.5 Å². The van der Waals surface area contributed by atoms with Crippen LogP contribution in [-0.4, -0.2) is 23.6 Å². The van der Waals surface area contributed by atoms with Crippen molar-refractivity contribution in [3.63, 3.8) is 0 Å². The normalized spacial score (nSPS) is 18.5. The van der Waals surface area contributed by atoms with E-state index in [2.05, 4.69) is 16.0 Å². The summed E-state index contributed by atoms with van der Waals surface area (Å²) in [7, 11) is 0. The van der Waals surface area contributed by atoms with Crippen LogP contribution in [0.25, 0.3) is 0 Å². The average molecular weight is 421 g/mol. The fraction of sp³-hybridized carbons (Fsp3) is 0.333. The van der Waals surface area contributed by atoms with Gasteiger partial charge in [-0.1, -0.05) is 32.9 Å². The van der Waals surface area contributed by atoms with Crippen LogP contribution in [0.5, 0.6) is 0 Å². The first kappa shape index (κ1) is 22.2. The third kappa shape index (κ3) is 4.82. The topological polar surface area (TPSA) is 104 Å². The highest BCUT2D eigenvalue weighted by molar-refractivity contribution is 6.05. The van der Waals surface area contributed by atoms with Gasteiger partial charge in [0, 0.05) is 29.3 Å². The smallest absolute Gasteiger partial charge is 0.255 e. The predicted octanol–water partition coefficient (Wildman–Crippen LogP) is 3.62. The molecule has 1 aliphatic rings. The highest BCUT2D eigenvalue weighted by Gasteiger charge is 2.42. The molecule has 7 heteroatoms. The maximum absolute atomic E-state index is 12.5. The van der Waals surface area contributed by atoms with Crippen molar-refractivity contribution in [3.05, 3.63) is 59.7 Å². The minimum Gasteiger partial charge on any atom is -0.326 e. The van der Waals surface area contributed by atoms with Gasteiger partial charge >= 0.3 is 0 Å². The fourth-order valence-electron chi connectivity index (χ4n) is 3.63. The van der Waals surface area contributed by atoms with Crippen molar-refractivity contribution in [2.45, 2.75) is 45.4 Å². The molecule has 7 nitrogen and oxygen atoms in total. The number of benzene rings is 2. The van der Waals surface area contributed by atoms with Crippen molar-refractivity contribution < 1.29 is 19.2 Å². The number of rotatable bonds is 6. The molecule has 2 aromatic carbocycles. The molecule has 0 saturated carbocycles. The summed E-state index contributed by atoms with van der Waals surface area (Å²) in [5, 5.41) is 8.06. The van der Waals surface area contributed by atoms with Gasteiger partial charge in [0.2, 0.25) is 17.7 Å². The molecule has 1 aliphatic heterocycles. The summed E-state index contributed by atoms with van der Waals surface area (Å²) in [5.41, 5.74) is 1.79. The quantitative estimate of drug-likeness (QED) is 0.620. The zero-order valence-corrected chi connectivity index (χ0v) is 18.0. The van der Waals surface area contributed by atoms with E-state index in [1.165, 1.54) is 0 Å². The molecule has 3 rings (SSSR count). The van der Waals surface area contributed by atoms with Crippen LogP contribution in [0.4, 0.5) is 11.4 Å². The minimum atomic E-state index is -0.729. The number of carbonyl (C=O) groups is 4. The molecule has 1 unspecified atom stereocenters. The van der Waals surface area contributed by atoms with Gasteiger partial charge in [0.15, 0.2) is 0 Å². The molecule has 1 fully saturated rings. The Bertz CT molecular complexity index is 996. The number of imide groups is 1. The molecule has 3 N–H and O–H groups in total. The van der Waals surface area contributed by atoms with E-state index in [1.807, 2.05) is 32.9 Å². The summed E-state index contributed by atoms with van der Waals surface area (Å²) in [4.78, 5) is 48.3. The van der Waals surface area contributed by atoms with Crippen molar-refractivity contribution in [1.82, 2.24) is 5.32 Å². The second-order valence-electron chi connectivity index (χ2n) is 8.07. The van der Waals surface area contributed by atoms with E-state index in [1.54, 1.807) is 36.4 Å². The number of amides is 4. The molecule has 1 atom stereocenters. The van der Waals surface area contributed by atoms with E-state index < -0.39 is 5.41 Å². The number of hydrogen-bond donors (Lipinski definition) is 3. The Labute approximate surface area is 181 Å². The summed E-state index contributed by atoms with van der Waals surface area (Å²) in [6, 6.07) is 13.8. The Hall–Kier alpha value is -3.48. The molecule has 0 aliphatic carbocycles. The van der Waals surface area contributed by atoms with E-state index in [4.69, 9.17) is 0 Å². The van der Waals surface area contributed by atoms with E-state index in [0.29, 0.717) is 36.2 Å². The Morgan fingerprint density at radius 1 is 0.968 bits per heavy atom. The van der Waals surface area contributed by atoms with Crippen LogP contribution in [0.2, 0.25) is 0 Å². The van der Waals surface area contributed by atoms with Gasteiger partial charge in [0.1, 0.15) is 0 Å². The summed E-state index contributed by atoms with van der Waals surface area (Å²) < 4.78 is 0. The lowest BCUT2D eigenvalue weighted by Gasteiger charge is -2.35. The van der Waals surface area contributed by atoms with Crippen LogP contribution >= 0.6 is 0 Å². The first-order valence-electron chi connectivity index (χ1n) is 10.4. The van der Waals surface area contributed by atoms with Crippen LogP contribution in [0.3, 0.4) is 0 Å². The third-order valence-corrected chi connectivity index (χ3v) is 5.70. The van der Waals surface area contributed by atoms with Gasteiger partial charge in [-0.2, -0.15) is 0 Å². The second-order valence-corrected chi connectivity index (χ2v) is 8.07. The van der Waals surface area contributed by atoms with Gasteiger partial charge in [-0.15, -0.1) is 0 Å². The lowest BCUT2D eigenvalue weighted by Crippen LogP contribution is -2.51. The monoisotopic (exact) mass is 421 g/mol. The number of piperidine rings is 1. The lowest BCUT2D eigenvalue weighted by atomic mass is 9.72. The van der Waals surface area contributed by atoms with Crippen molar-refractivity contribution in [3.8, 4) is 0 Å². The molecular weight excluding hydrogens is 394 g/mol. The van der Waals surface area contributed by atoms with Crippen LogP contribution in [-0.2, 0) is 19.8 Å². The zero-order valence-electron chi connectivity index (χ0n) is 18.0. The average Bonchev–Trinajstić information content (AvgIpc) is 2.75. The molecule has 4 amide bonds. The lowest BCUT2D eigenvalue weighted by molar-refractivity contribution is -0.138. The zero-order chi connectivity index (χ0) is 22.6. The Balaban J connectivity index is 1.68. The van der Waals surface area contributed by atoms with Crippen molar-refractivity contribution in [2.24, 2.45) is 5.92 Å². The van der Waals surface area contributed by atoms with Gasteiger partial charge in [-0.05, 0) is 54.8 Å². The SMILES string of the molecule is CCC1(c2ccc(NC(=O)c3ccc(NC(=O)C(C)C)cc3)cc2)CCC(=O)NC1=O. The molecule has 0 aromatic heterocycles. The first-order valence-corrected chi connectivity index (χ1v) is 10.4. The highest BCUT2D eigenvalue weighted by atomic mass is 16.2. The summed E-state index contributed by atoms with van der Waals surface area (Å²) in [6.45, 7) is 5.55. The number of carbonyl (C=O) groups excluding carboxylic acids is 4. The van der Waals surface area contributed by atoms with Gasteiger partial charge in [0.25, 0.3) is 5.91 Å². The summed E-state index contributed by atoms with van der Waals surface area (Å²) in [6.07, 6.45) is 1.36.